The second-order valence-corrected chi connectivity index (χ2v) is 7.75. The molecule has 1 aromatic rings. The zero-order valence-electron chi connectivity index (χ0n) is 13.3. The molecule has 2 amide bonds. The fourth-order valence-corrected chi connectivity index (χ4v) is 4.08. The van der Waals surface area contributed by atoms with Crippen molar-refractivity contribution in [3.8, 4) is 0 Å². The van der Waals surface area contributed by atoms with Gasteiger partial charge in [0.05, 0.1) is 0 Å². The van der Waals surface area contributed by atoms with Gasteiger partial charge in [-0.25, -0.2) is 0 Å². The summed E-state index contributed by atoms with van der Waals surface area (Å²) in [5, 5.41) is 2.08. The Balaban J connectivity index is 1.48. The highest BCUT2D eigenvalue weighted by molar-refractivity contribution is 7.10. The minimum absolute atomic E-state index is 0.177. The zero-order valence-corrected chi connectivity index (χ0v) is 14.1. The quantitative estimate of drug-likeness (QED) is 0.855. The summed E-state index contributed by atoms with van der Waals surface area (Å²) in [7, 11) is 0. The molecular weight excluding hydrogens is 296 g/mol. The summed E-state index contributed by atoms with van der Waals surface area (Å²) >= 11 is 1.75. The maximum Gasteiger partial charge on any atom is 0.226 e. The van der Waals surface area contributed by atoms with Gasteiger partial charge in [-0.2, -0.15) is 0 Å². The maximum atomic E-state index is 12.5. The van der Waals surface area contributed by atoms with Crippen LogP contribution in [0.15, 0.2) is 17.5 Å². The number of hydrogen-bond acceptors (Lipinski definition) is 3. The van der Waals surface area contributed by atoms with E-state index in [9.17, 15) is 9.59 Å². The van der Waals surface area contributed by atoms with Crippen molar-refractivity contribution in [1.29, 1.82) is 0 Å². The van der Waals surface area contributed by atoms with Gasteiger partial charge in [0.25, 0.3) is 0 Å². The van der Waals surface area contributed by atoms with E-state index in [1.165, 1.54) is 4.88 Å². The molecule has 2 aliphatic rings. The van der Waals surface area contributed by atoms with Crippen molar-refractivity contribution in [2.45, 2.75) is 32.6 Å². The molecule has 1 aliphatic heterocycles. The first-order valence-electron chi connectivity index (χ1n) is 8.16. The number of rotatable bonds is 4. The van der Waals surface area contributed by atoms with E-state index in [4.69, 9.17) is 0 Å². The molecule has 0 N–H and O–H groups in total. The molecule has 0 spiro atoms. The van der Waals surface area contributed by atoms with Crippen LogP contribution in [0.2, 0.25) is 0 Å². The van der Waals surface area contributed by atoms with Gasteiger partial charge in [0.2, 0.25) is 11.8 Å². The summed E-state index contributed by atoms with van der Waals surface area (Å²) in [5.41, 5.74) is 0. The first kappa shape index (κ1) is 15.5. The molecule has 1 aromatic heterocycles. The molecule has 2 heterocycles. The Morgan fingerprint density at radius 3 is 2.50 bits per heavy atom. The summed E-state index contributed by atoms with van der Waals surface area (Å²) in [6.07, 6.45) is 1.60. The van der Waals surface area contributed by atoms with Crippen molar-refractivity contribution in [3.05, 3.63) is 22.4 Å². The number of carbonyl (C=O) groups is 2. The molecule has 2 unspecified atom stereocenters. The predicted octanol–water partition coefficient (Wildman–Crippen LogP) is 2.57. The van der Waals surface area contributed by atoms with E-state index in [1.54, 1.807) is 11.3 Å². The van der Waals surface area contributed by atoms with Gasteiger partial charge in [-0.1, -0.05) is 19.9 Å². The van der Waals surface area contributed by atoms with Crippen LogP contribution in [-0.2, 0) is 9.59 Å². The van der Waals surface area contributed by atoms with E-state index in [2.05, 4.69) is 31.4 Å². The topological polar surface area (TPSA) is 40.6 Å². The molecule has 4 nitrogen and oxygen atoms in total. The highest BCUT2D eigenvalue weighted by Gasteiger charge is 2.46. The molecule has 2 fully saturated rings. The lowest BCUT2D eigenvalue weighted by atomic mass is 10.1. The maximum absolute atomic E-state index is 12.5. The molecule has 3 rings (SSSR count). The molecular formula is C17H24N2O2S. The Morgan fingerprint density at radius 2 is 1.91 bits per heavy atom. The summed E-state index contributed by atoms with van der Waals surface area (Å²) in [6.45, 7) is 6.89. The Labute approximate surface area is 136 Å². The van der Waals surface area contributed by atoms with Crippen molar-refractivity contribution in [2.75, 3.05) is 26.2 Å². The van der Waals surface area contributed by atoms with Gasteiger partial charge < -0.3 is 9.80 Å². The number of amides is 2. The SMILES string of the molecule is CC(C)CC(=O)N1CCN(C(=O)C2CC2c2cccs2)CC1. The lowest BCUT2D eigenvalue weighted by Gasteiger charge is -2.35. The van der Waals surface area contributed by atoms with Gasteiger partial charge in [0.1, 0.15) is 0 Å². The zero-order chi connectivity index (χ0) is 15.7. The highest BCUT2D eigenvalue weighted by Crippen LogP contribution is 2.50. The molecule has 0 bridgehead atoms. The van der Waals surface area contributed by atoms with Gasteiger partial charge in [-0.15, -0.1) is 11.3 Å². The summed E-state index contributed by atoms with van der Waals surface area (Å²) < 4.78 is 0. The minimum atomic E-state index is 0.177. The molecule has 1 saturated carbocycles. The Morgan fingerprint density at radius 1 is 1.23 bits per heavy atom. The van der Waals surface area contributed by atoms with E-state index in [0.29, 0.717) is 44.4 Å². The van der Waals surface area contributed by atoms with Gasteiger partial charge in [-0.05, 0) is 23.8 Å². The number of thiophene rings is 1. The van der Waals surface area contributed by atoms with E-state index in [1.807, 2.05) is 9.80 Å². The second kappa shape index (κ2) is 6.41. The average molecular weight is 320 g/mol. The van der Waals surface area contributed by atoms with Gasteiger partial charge >= 0.3 is 0 Å². The predicted molar refractivity (Wildman–Crippen MR) is 87.8 cm³/mol. The van der Waals surface area contributed by atoms with Gasteiger partial charge in [0, 0.05) is 49.3 Å². The number of hydrogen-bond donors (Lipinski definition) is 0. The van der Waals surface area contributed by atoms with E-state index < -0.39 is 0 Å². The second-order valence-electron chi connectivity index (χ2n) is 6.77. The normalized spacial score (nSPS) is 24.7. The van der Waals surface area contributed by atoms with Gasteiger partial charge in [0.15, 0.2) is 0 Å². The molecule has 0 radical (unpaired) electrons. The van der Waals surface area contributed by atoms with Crippen LogP contribution in [0.1, 0.15) is 37.5 Å². The Hall–Kier alpha value is -1.36. The van der Waals surface area contributed by atoms with Crippen LogP contribution in [0.4, 0.5) is 0 Å². The summed E-state index contributed by atoms with van der Waals surface area (Å²) in [5.74, 6) is 1.52. The molecule has 2 atom stereocenters. The van der Waals surface area contributed by atoms with Crippen molar-refractivity contribution >= 4 is 23.2 Å². The summed E-state index contributed by atoms with van der Waals surface area (Å²) in [6, 6.07) is 4.18. The fraction of sp³-hybridized carbons (Fsp3) is 0.647. The third-order valence-electron chi connectivity index (χ3n) is 4.54. The van der Waals surface area contributed by atoms with Crippen LogP contribution < -0.4 is 0 Å². The van der Waals surface area contributed by atoms with Crippen molar-refractivity contribution in [3.63, 3.8) is 0 Å². The van der Waals surface area contributed by atoms with Crippen LogP contribution in [0.3, 0.4) is 0 Å². The smallest absolute Gasteiger partial charge is 0.226 e. The number of piperazine rings is 1. The Kier molecular flexibility index (Phi) is 4.52. The first-order chi connectivity index (χ1) is 10.6. The van der Waals surface area contributed by atoms with Crippen LogP contribution in [0, 0.1) is 11.8 Å². The van der Waals surface area contributed by atoms with E-state index >= 15 is 0 Å². The van der Waals surface area contributed by atoms with Crippen LogP contribution in [0.5, 0.6) is 0 Å². The fourth-order valence-electron chi connectivity index (χ4n) is 3.17. The standard InChI is InChI=1S/C17H24N2O2S/c1-12(2)10-16(20)18-5-7-19(8-6-18)17(21)14-11-13(14)15-4-3-9-22-15/h3-4,9,12-14H,5-8,10-11H2,1-2H3. The van der Waals surface area contributed by atoms with Crippen molar-refractivity contribution in [1.82, 2.24) is 9.80 Å². The van der Waals surface area contributed by atoms with Crippen LogP contribution in [0.25, 0.3) is 0 Å². The van der Waals surface area contributed by atoms with E-state index in [0.717, 1.165) is 6.42 Å². The van der Waals surface area contributed by atoms with Crippen molar-refractivity contribution in [2.24, 2.45) is 11.8 Å². The third-order valence-corrected chi connectivity index (χ3v) is 5.55. The molecule has 1 aliphatic carbocycles. The number of carbonyl (C=O) groups excluding carboxylic acids is 2. The lowest BCUT2D eigenvalue weighted by molar-refractivity contribution is -0.140. The van der Waals surface area contributed by atoms with E-state index in [-0.39, 0.29) is 17.7 Å². The molecule has 5 heteroatoms. The first-order valence-corrected chi connectivity index (χ1v) is 9.04. The molecule has 22 heavy (non-hydrogen) atoms. The molecule has 1 saturated heterocycles. The monoisotopic (exact) mass is 320 g/mol. The molecule has 120 valence electrons. The van der Waals surface area contributed by atoms with Crippen LogP contribution >= 0.6 is 11.3 Å². The van der Waals surface area contributed by atoms with Crippen LogP contribution in [-0.4, -0.2) is 47.8 Å². The number of nitrogens with zero attached hydrogens (tertiary/aromatic N) is 2. The van der Waals surface area contributed by atoms with Gasteiger partial charge in [-0.3, -0.25) is 9.59 Å². The Bertz CT molecular complexity index is 533. The lowest BCUT2D eigenvalue weighted by Crippen LogP contribution is -2.51. The third kappa shape index (κ3) is 3.35. The minimum Gasteiger partial charge on any atom is -0.339 e. The molecule has 0 aromatic carbocycles. The van der Waals surface area contributed by atoms with Crippen molar-refractivity contribution < 1.29 is 9.59 Å². The highest BCUT2D eigenvalue weighted by atomic mass is 32.1. The average Bonchev–Trinajstić information content (AvgIpc) is 3.11. The summed E-state index contributed by atoms with van der Waals surface area (Å²) in [4.78, 5) is 29.8. The largest absolute Gasteiger partial charge is 0.339 e.